The lowest BCUT2D eigenvalue weighted by atomic mass is 9.84. The van der Waals surface area contributed by atoms with Crippen LogP contribution in [-0.2, 0) is 15.4 Å². The smallest absolute Gasteiger partial charge is 0.241 e. The molecule has 3 rings (SSSR count). The molecule has 1 aliphatic rings. The highest BCUT2D eigenvalue weighted by Gasteiger charge is 2.27. The summed E-state index contributed by atoms with van der Waals surface area (Å²) in [6, 6.07) is 9.57. The minimum atomic E-state index is -3.60. The summed E-state index contributed by atoms with van der Waals surface area (Å²) in [6.07, 6.45) is 0. The molecule has 6 heteroatoms. The van der Waals surface area contributed by atoms with E-state index in [1.54, 1.807) is 0 Å². The zero-order valence-corrected chi connectivity index (χ0v) is 17.4. The van der Waals surface area contributed by atoms with Gasteiger partial charge in [-0.2, -0.15) is 0 Å². The molecule has 0 atom stereocenters. The fourth-order valence-corrected chi connectivity index (χ4v) is 5.17. The number of hydrogen-bond donors (Lipinski definition) is 1. The van der Waals surface area contributed by atoms with Crippen molar-refractivity contribution in [1.29, 1.82) is 0 Å². The lowest BCUT2D eigenvalue weighted by molar-refractivity contribution is 0.171. The van der Waals surface area contributed by atoms with Crippen LogP contribution in [0.15, 0.2) is 35.2 Å². The first-order chi connectivity index (χ1) is 12.6. The largest absolute Gasteiger partial charge is 0.486 e. The average molecular weight is 390 g/mol. The molecule has 0 bridgehead atoms. The second-order valence-electron chi connectivity index (χ2n) is 7.79. The molecule has 0 spiro atoms. The van der Waals surface area contributed by atoms with Crippen LogP contribution >= 0.6 is 0 Å². The highest BCUT2D eigenvalue weighted by molar-refractivity contribution is 7.89. The van der Waals surface area contributed by atoms with Gasteiger partial charge < -0.3 is 9.47 Å². The third-order valence-electron chi connectivity index (χ3n) is 4.90. The maximum absolute atomic E-state index is 12.9. The van der Waals surface area contributed by atoms with Crippen molar-refractivity contribution in [3.8, 4) is 11.5 Å². The van der Waals surface area contributed by atoms with Crippen LogP contribution in [-0.4, -0.2) is 28.2 Å². The first kappa shape index (κ1) is 19.7. The highest BCUT2D eigenvalue weighted by atomic mass is 32.2. The molecule has 146 valence electrons. The second kappa shape index (κ2) is 7.17. The zero-order valence-electron chi connectivity index (χ0n) is 16.5. The summed E-state index contributed by atoms with van der Waals surface area (Å²) in [5.41, 5.74) is 3.16. The van der Waals surface area contributed by atoms with Crippen LogP contribution in [0.2, 0.25) is 0 Å². The summed E-state index contributed by atoms with van der Waals surface area (Å²) >= 11 is 0. The SMILES string of the molecule is Cc1cc(C)c(S(=O)(=O)NCC(C)(C)c2ccc3c(c2)OCCO3)c(C)c1. The molecular weight excluding hydrogens is 362 g/mol. The lowest BCUT2D eigenvalue weighted by Crippen LogP contribution is -2.37. The number of fused-ring (bicyclic) bond motifs is 1. The van der Waals surface area contributed by atoms with E-state index in [9.17, 15) is 8.42 Å². The van der Waals surface area contributed by atoms with Crippen LogP contribution in [0.1, 0.15) is 36.1 Å². The van der Waals surface area contributed by atoms with E-state index < -0.39 is 15.4 Å². The van der Waals surface area contributed by atoms with E-state index in [-0.39, 0.29) is 6.54 Å². The molecule has 0 aromatic heterocycles. The van der Waals surface area contributed by atoms with Gasteiger partial charge in [0, 0.05) is 12.0 Å². The topological polar surface area (TPSA) is 64.6 Å². The normalized spacial score (nSPS) is 14.3. The minimum Gasteiger partial charge on any atom is -0.486 e. The number of aryl methyl sites for hydroxylation is 3. The molecule has 0 unspecified atom stereocenters. The molecule has 1 N–H and O–H groups in total. The molecule has 0 radical (unpaired) electrons. The highest BCUT2D eigenvalue weighted by Crippen LogP contribution is 2.35. The van der Waals surface area contributed by atoms with Gasteiger partial charge in [-0.15, -0.1) is 0 Å². The Morgan fingerprint density at radius 3 is 2.19 bits per heavy atom. The Morgan fingerprint density at radius 2 is 1.56 bits per heavy atom. The van der Waals surface area contributed by atoms with E-state index in [1.165, 1.54) is 0 Å². The summed E-state index contributed by atoms with van der Waals surface area (Å²) in [5.74, 6) is 1.44. The molecule has 2 aromatic rings. The Hall–Kier alpha value is -2.05. The van der Waals surface area contributed by atoms with Gasteiger partial charge in [-0.05, 0) is 49.6 Å². The van der Waals surface area contributed by atoms with Crippen molar-refractivity contribution in [2.75, 3.05) is 19.8 Å². The maximum atomic E-state index is 12.9. The summed E-state index contributed by atoms with van der Waals surface area (Å²) in [6.45, 7) is 11.0. The Bertz CT molecular complexity index is 941. The van der Waals surface area contributed by atoms with Gasteiger partial charge in [0.15, 0.2) is 11.5 Å². The fourth-order valence-electron chi connectivity index (χ4n) is 3.50. The predicted molar refractivity (Wildman–Crippen MR) is 106 cm³/mol. The molecule has 2 aromatic carbocycles. The van der Waals surface area contributed by atoms with Crippen molar-refractivity contribution in [2.24, 2.45) is 0 Å². The molecule has 5 nitrogen and oxygen atoms in total. The summed E-state index contributed by atoms with van der Waals surface area (Å²) in [4.78, 5) is 0.367. The first-order valence-corrected chi connectivity index (χ1v) is 10.6. The van der Waals surface area contributed by atoms with Crippen molar-refractivity contribution in [3.05, 3.63) is 52.6 Å². The van der Waals surface area contributed by atoms with Gasteiger partial charge in [-0.25, -0.2) is 13.1 Å². The van der Waals surface area contributed by atoms with Crippen LogP contribution in [0.4, 0.5) is 0 Å². The number of benzene rings is 2. The van der Waals surface area contributed by atoms with Crippen LogP contribution in [0, 0.1) is 20.8 Å². The van der Waals surface area contributed by atoms with E-state index in [1.807, 2.05) is 65.0 Å². The minimum absolute atomic E-state index is 0.279. The molecule has 0 saturated carbocycles. The van der Waals surface area contributed by atoms with Gasteiger partial charge in [0.2, 0.25) is 10.0 Å². The molecule has 0 fully saturated rings. The van der Waals surface area contributed by atoms with Crippen molar-refractivity contribution >= 4 is 10.0 Å². The quantitative estimate of drug-likeness (QED) is 0.848. The number of sulfonamides is 1. The van der Waals surface area contributed by atoms with Crippen molar-refractivity contribution in [1.82, 2.24) is 4.72 Å². The zero-order chi connectivity index (χ0) is 19.8. The predicted octanol–water partition coefficient (Wildman–Crippen LogP) is 3.64. The van der Waals surface area contributed by atoms with Gasteiger partial charge >= 0.3 is 0 Å². The van der Waals surface area contributed by atoms with Crippen molar-refractivity contribution in [3.63, 3.8) is 0 Å². The van der Waals surface area contributed by atoms with Gasteiger partial charge in [0.05, 0.1) is 4.90 Å². The number of hydrogen-bond acceptors (Lipinski definition) is 4. The van der Waals surface area contributed by atoms with Crippen LogP contribution < -0.4 is 14.2 Å². The average Bonchev–Trinajstić information content (AvgIpc) is 2.58. The standard InChI is InChI=1S/C21H27NO4S/c1-14-10-15(2)20(16(3)11-14)27(23,24)22-13-21(4,5)17-6-7-18-19(12-17)26-9-8-25-18/h6-7,10-12,22H,8-9,13H2,1-5H3. The molecule has 0 aliphatic carbocycles. The maximum Gasteiger partial charge on any atom is 0.241 e. The second-order valence-corrected chi connectivity index (χ2v) is 9.50. The Balaban J connectivity index is 1.82. The van der Waals surface area contributed by atoms with Crippen LogP contribution in [0.3, 0.4) is 0 Å². The summed E-state index contributed by atoms with van der Waals surface area (Å²) in [7, 11) is -3.60. The molecule has 0 saturated heterocycles. The van der Waals surface area contributed by atoms with Gasteiger partial charge in [0.25, 0.3) is 0 Å². The monoisotopic (exact) mass is 389 g/mol. The number of ether oxygens (including phenoxy) is 2. The van der Waals surface area contributed by atoms with E-state index >= 15 is 0 Å². The molecule has 27 heavy (non-hydrogen) atoms. The lowest BCUT2D eigenvalue weighted by Gasteiger charge is -2.28. The Labute approximate surface area is 161 Å². The van der Waals surface area contributed by atoms with Gasteiger partial charge in [-0.3, -0.25) is 0 Å². The molecule has 1 heterocycles. The van der Waals surface area contributed by atoms with E-state index in [4.69, 9.17) is 9.47 Å². The summed E-state index contributed by atoms with van der Waals surface area (Å²) < 4.78 is 39.9. The third kappa shape index (κ3) is 4.12. The van der Waals surface area contributed by atoms with E-state index in [0.717, 1.165) is 28.0 Å². The van der Waals surface area contributed by atoms with Crippen LogP contribution in [0.25, 0.3) is 0 Å². The van der Waals surface area contributed by atoms with Gasteiger partial charge in [0.1, 0.15) is 13.2 Å². The summed E-state index contributed by atoms with van der Waals surface area (Å²) in [5, 5.41) is 0. The van der Waals surface area contributed by atoms with Crippen LogP contribution in [0.5, 0.6) is 11.5 Å². The Kier molecular flexibility index (Phi) is 5.23. The van der Waals surface area contributed by atoms with E-state index in [2.05, 4.69) is 4.72 Å². The Morgan fingerprint density at radius 1 is 0.963 bits per heavy atom. The molecule has 0 amide bonds. The van der Waals surface area contributed by atoms with Crippen molar-refractivity contribution in [2.45, 2.75) is 44.9 Å². The molecule has 1 aliphatic heterocycles. The van der Waals surface area contributed by atoms with Gasteiger partial charge in [-0.1, -0.05) is 37.6 Å². The van der Waals surface area contributed by atoms with E-state index in [0.29, 0.717) is 23.9 Å². The van der Waals surface area contributed by atoms with Crippen molar-refractivity contribution < 1.29 is 17.9 Å². The first-order valence-electron chi connectivity index (χ1n) is 9.08. The molecular formula is C21H27NO4S. The number of rotatable bonds is 5. The fraction of sp³-hybridized carbons (Fsp3) is 0.429. The third-order valence-corrected chi connectivity index (χ3v) is 6.61. The number of nitrogens with one attached hydrogen (secondary N) is 1.